The van der Waals surface area contributed by atoms with Gasteiger partial charge in [-0.25, -0.2) is 4.98 Å². The van der Waals surface area contributed by atoms with Crippen molar-refractivity contribution in [3.8, 4) is 0 Å². The molecule has 0 radical (unpaired) electrons. The lowest BCUT2D eigenvalue weighted by Crippen LogP contribution is -2.40. The average molecular weight is 325 g/mol. The normalized spacial score (nSPS) is 17.4. The largest absolute Gasteiger partial charge is 0.353 e. The summed E-state index contributed by atoms with van der Waals surface area (Å²) in [7, 11) is 0. The number of nitrogens with one attached hydrogen (secondary N) is 1. The highest BCUT2D eigenvalue weighted by Gasteiger charge is 2.20. The van der Waals surface area contributed by atoms with Crippen molar-refractivity contribution in [3.05, 3.63) is 53.6 Å². The molecule has 2 aromatic rings. The number of benzene rings is 1. The molecule has 24 heavy (non-hydrogen) atoms. The van der Waals surface area contributed by atoms with Crippen LogP contribution < -0.4 is 5.32 Å². The Morgan fingerprint density at radius 2 is 2.04 bits per heavy atom. The Kier molecular flexibility index (Phi) is 4.74. The van der Waals surface area contributed by atoms with Gasteiger partial charge in [-0.2, -0.15) is 0 Å². The van der Waals surface area contributed by atoms with Crippen molar-refractivity contribution in [1.82, 2.24) is 14.9 Å². The Hall–Kier alpha value is -2.10. The van der Waals surface area contributed by atoms with Crippen LogP contribution in [0.4, 0.5) is 0 Å². The van der Waals surface area contributed by atoms with Gasteiger partial charge in [0, 0.05) is 37.8 Å². The first kappa shape index (κ1) is 16.7. The molecule has 1 aliphatic rings. The summed E-state index contributed by atoms with van der Waals surface area (Å²) in [6.45, 7) is 7.58. The molecule has 1 aromatic heterocycles. The second-order valence-electron chi connectivity index (χ2n) is 7.74. The zero-order chi connectivity index (χ0) is 17.2. The molecule has 3 rings (SSSR count). The lowest BCUT2D eigenvalue weighted by atomic mass is 9.86. The van der Waals surface area contributed by atoms with Crippen LogP contribution in [-0.4, -0.2) is 21.5 Å². The van der Waals surface area contributed by atoms with E-state index in [9.17, 15) is 4.79 Å². The maximum Gasteiger partial charge on any atom is 0.220 e. The molecule has 1 atom stereocenters. The molecule has 4 nitrogen and oxygen atoms in total. The molecule has 1 aliphatic heterocycles. The monoisotopic (exact) mass is 325 g/mol. The summed E-state index contributed by atoms with van der Waals surface area (Å²) in [6, 6.07) is 8.86. The fourth-order valence-electron chi connectivity index (χ4n) is 3.20. The van der Waals surface area contributed by atoms with E-state index >= 15 is 0 Å². The van der Waals surface area contributed by atoms with Crippen LogP contribution in [0.1, 0.15) is 50.6 Å². The average Bonchev–Trinajstić information content (AvgIpc) is 3.00. The Morgan fingerprint density at radius 1 is 1.29 bits per heavy atom. The molecule has 0 saturated carbocycles. The lowest BCUT2D eigenvalue weighted by Gasteiger charge is -2.24. The highest BCUT2D eigenvalue weighted by molar-refractivity contribution is 5.76. The standard InChI is InChI=1S/C20H27N3O/c1-20(2,3)16-7-4-15(5-8-16)6-9-19(24)22-17-10-12-23-13-11-21-18(23)14-17/h4-5,7-8,11,13,17H,6,9-10,12,14H2,1-3H3,(H,22,24). The molecule has 128 valence electrons. The summed E-state index contributed by atoms with van der Waals surface area (Å²) in [6.07, 6.45) is 6.99. The van der Waals surface area contributed by atoms with Gasteiger partial charge in [0.15, 0.2) is 0 Å². The third kappa shape index (κ3) is 4.05. The van der Waals surface area contributed by atoms with E-state index in [-0.39, 0.29) is 17.4 Å². The van der Waals surface area contributed by atoms with E-state index in [4.69, 9.17) is 0 Å². The van der Waals surface area contributed by atoms with E-state index < -0.39 is 0 Å². The number of hydrogen-bond acceptors (Lipinski definition) is 2. The molecular formula is C20H27N3O. The number of aromatic nitrogens is 2. The maximum absolute atomic E-state index is 12.2. The Morgan fingerprint density at radius 3 is 2.75 bits per heavy atom. The minimum atomic E-state index is 0.139. The number of amides is 1. The summed E-state index contributed by atoms with van der Waals surface area (Å²) in [5, 5.41) is 3.16. The first-order valence-corrected chi connectivity index (χ1v) is 8.80. The molecule has 2 heterocycles. The molecule has 1 unspecified atom stereocenters. The number of aryl methyl sites for hydroxylation is 2. The van der Waals surface area contributed by atoms with E-state index in [0.29, 0.717) is 6.42 Å². The second kappa shape index (κ2) is 6.80. The first-order chi connectivity index (χ1) is 11.4. The number of imidazole rings is 1. The van der Waals surface area contributed by atoms with Crippen molar-refractivity contribution in [3.63, 3.8) is 0 Å². The van der Waals surface area contributed by atoms with Gasteiger partial charge in [-0.3, -0.25) is 4.79 Å². The number of fused-ring (bicyclic) bond motifs is 1. The van der Waals surface area contributed by atoms with Crippen molar-refractivity contribution in [2.75, 3.05) is 0 Å². The minimum absolute atomic E-state index is 0.139. The molecule has 1 aromatic carbocycles. The molecule has 0 fully saturated rings. The summed E-state index contributed by atoms with van der Waals surface area (Å²) in [5.74, 6) is 1.21. The number of carbonyl (C=O) groups excluding carboxylic acids is 1. The van der Waals surface area contributed by atoms with Gasteiger partial charge in [0.2, 0.25) is 5.91 Å². The topological polar surface area (TPSA) is 46.9 Å². The number of hydrogen-bond donors (Lipinski definition) is 1. The second-order valence-corrected chi connectivity index (χ2v) is 7.74. The van der Waals surface area contributed by atoms with E-state index in [1.54, 1.807) is 0 Å². The van der Waals surface area contributed by atoms with E-state index in [2.05, 4.69) is 59.9 Å². The third-order valence-electron chi connectivity index (χ3n) is 4.77. The maximum atomic E-state index is 12.2. The highest BCUT2D eigenvalue weighted by atomic mass is 16.1. The SMILES string of the molecule is CC(C)(C)c1ccc(CCC(=O)NC2CCn3ccnc3C2)cc1. The zero-order valence-electron chi connectivity index (χ0n) is 14.9. The van der Waals surface area contributed by atoms with Crippen molar-refractivity contribution in [1.29, 1.82) is 0 Å². The lowest BCUT2D eigenvalue weighted by molar-refractivity contribution is -0.121. The van der Waals surface area contributed by atoms with Crippen molar-refractivity contribution in [2.24, 2.45) is 0 Å². The molecule has 1 N–H and O–H groups in total. The van der Waals surface area contributed by atoms with Gasteiger partial charge in [0.05, 0.1) is 0 Å². The highest BCUT2D eigenvalue weighted by Crippen LogP contribution is 2.22. The molecule has 4 heteroatoms. The molecule has 0 spiro atoms. The van der Waals surface area contributed by atoms with E-state index in [0.717, 1.165) is 31.6 Å². The molecule has 0 aliphatic carbocycles. The predicted molar refractivity (Wildman–Crippen MR) is 95.9 cm³/mol. The Balaban J connectivity index is 1.48. The van der Waals surface area contributed by atoms with Gasteiger partial charge in [0.25, 0.3) is 0 Å². The Bertz CT molecular complexity index is 694. The van der Waals surface area contributed by atoms with E-state index in [1.807, 2.05) is 12.4 Å². The van der Waals surface area contributed by atoms with Crippen LogP contribution in [0.15, 0.2) is 36.7 Å². The molecular weight excluding hydrogens is 298 g/mol. The van der Waals surface area contributed by atoms with Gasteiger partial charge in [-0.1, -0.05) is 45.0 Å². The van der Waals surface area contributed by atoms with Gasteiger partial charge < -0.3 is 9.88 Å². The number of rotatable bonds is 4. The smallest absolute Gasteiger partial charge is 0.220 e. The first-order valence-electron chi connectivity index (χ1n) is 8.80. The van der Waals surface area contributed by atoms with Crippen molar-refractivity contribution >= 4 is 5.91 Å². The zero-order valence-corrected chi connectivity index (χ0v) is 14.9. The fraction of sp³-hybridized carbons (Fsp3) is 0.500. The molecule has 0 bridgehead atoms. The van der Waals surface area contributed by atoms with Crippen LogP contribution in [0.25, 0.3) is 0 Å². The number of nitrogens with zero attached hydrogens (tertiary/aromatic N) is 2. The van der Waals surface area contributed by atoms with Crippen LogP contribution in [-0.2, 0) is 29.6 Å². The summed E-state index contributed by atoms with van der Waals surface area (Å²) >= 11 is 0. The van der Waals surface area contributed by atoms with Crippen LogP contribution >= 0.6 is 0 Å². The van der Waals surface area contributed by atoms with Gasteiger partial charge in [-0.15, -0.1) is 0 Å². The summed E-state index contributed by atoms with van der Waals surface area (Å²) in [5.41, 5.74) is 2.72. The van der Waals surface area contributed by atoms with Gasteiger partial charge >= 0.3 is 0 Å². The number of carbonyl (C=O) groups is 1. The quantitative estimate of drug-likeness (QED) is 0.938. The Labute approximate surface area is 144 Å². The van der Waals surface area contributed by atoms with Gasteiger partial charge in [0.1, 0.15) is 5.82 Å². The fourth-order valence-corrected chi connectivity index (χ4v) is 3.20. The van der Waals surface area contributed by atoms with Crippen LogP contribution in [0.2, 0.25) is 0 Å². The van der Waals surface area contributed by atoms with Gasteiger partial charge in [-0.05, 0) is 29.4 Å². The third-order valence-corrected chi connectivity index (χ3v) is 4.77. The van der Waals surface area contributed by atoms with Crippen molar-refractivity contribution in [2.45, 2.75) is 64.5 Å². The molecule has 1 amide bonds. The van der Waals surface area contributed by atoms with Crippen LogP contribution in [0.5, 0.6) is 0 Å². The van der Waals surface area contributed by atoms with Crippen LogP contribution in [0, 0.1) is 0 Å². The summed E-state index contributed by atoms with van der Waals surface area (Å²) in [4.78, 5) is 16.6. The minimum Gasteiger partial charge on any atom is -0.353 e. The van der Waals surface area contributed by atoms with E-state index in [1.165, 1.54) is 11.1 Å². The predicted octanol–water partition coefficient (Wildman–Crippen LogP) is 3.24. The van der Waals surface area contributed by atoms with Crippen LogP contribution in [0.3, 0.4) is 0 Å². The van der Waals surface area contributed by atoms with Crippen molar-refractivity contribution < 1.29 is 4.79 Å². The molecule has 0 saturated heterocycles. The summed E-state index contributed by atoms with van der Waals surface area (Å²) < 4.78 is 2.17.